The van der Waals surface area contributed by atoms with Gasteiger partial charge in [-0.3, -0.25) is 0 Å². The van der Waals surface area contributed by atoms with Crippen molar-refractivity contribution in [1.29, 1.82) is 0 Å². The average molecular weight is 422 g/mol. The zero-order valence-corrected chi connectivity index (χ0v) is 17.8. The highest BCUT2D eigenvalue weighted by Gasteiger charge is 2.27. The van der Waals surface area contributed by atoms with Crippen molar-refractivity contribution in [2.24, 2.45) is 0 Å². The molecule has 0 amide bonds. The Balaban J connectivity index is 1.90. The smallest absolute Gasteiger partial charge is 0.340 e. The zero-order chi connectivity index (χ0) is 22.2. The summed E-state index contributed by atoms with van der Waals surface area (Å²) in [5.41, 5.74) is 4.84. The van der Waals surface area contributed by atoms with E-state index in [9.17, 15) is 9.90 Å². The van der Waals surface area contributed by atoms with Crippen LogP contribution in [0.5, 0.6) is 5.75 Å². The van der Waals surface area contributed by atoms with Gasteiger partial charge in [0.15, 0.2) is 5.75 Å². The summed E-state index contributed by atoms with van der Waals surface area (Å²) in [6.07, 6.45) is 0. The number of rotatable bonds is 4. The Labute approximate surface area is 185 Å². The number of hydrogen-bond acceptors (Lipinski definition) is 4. The van der Waals surface area contributed by atoms with E-state index in [0.29, 0.717) is 11.2 Å². The molecule has 158 valence electrons. The van der Waals surface area contributed by atoms with Crippen LogP contribution in [0.1, 0.15) is 15.9 Å². The third kappa shape index (κ3) is 3.06. The van der Waals surface area contributed by atoms with Crippen LogP contribution >= 0.6 is 0 Å². The van der Waals surface area contributed by atoms with E-state index in [1.807, 2.05) is 90.7 Å². The number of anilines is 3. The number of para-hydroxylation sites is 3. The number of methoxy groups -OCH3 is 1. The van der Waals surface area contributed by atoms with Gasteiger partial charge in [0.25, 0.3) is 0 Å². The summed E-state index contributed by atoms with van der Waals surface area (Å²) in [5, 5.41) is 13.3. The van der Waals surface area contributed by atoms with E-state index in [1.165, 1.54) is 7.11 Å². The highest BCUT2D eigenvalue weighted by Crippen LogP contribution is 2.47. The number of aryl methyl sites for hydroxylation is 1. The number of fused-ring (bicyclic) bond motifs is 3. The number of benzene rings is 4. The van der Waals surface area contributed by atoms with Gasteiger partial charge in [0.05, 0.1) is 18.2 Å². The number of H-pyrrole nitrogens is 1. The van der Waals surface area contributed by atoms with Crippen LogP contribution in [-0.2, 0) is 4.74 Å². The molecular weight excluding hydrogens is 400 g/mol. The number of carbonyl (C=O) groups excluding carboxylic acids is 1. The van der Waals surface area contributed by atoms with Gasteiger partial charge in [-0.15, -0.1) is 0 Å². The molecule has 0 saturated heterocycles. The summed E-state index contributed by atoms with van der Waals surface area (Å²) in [4.78, 5) is 18.2. The van der Waals surface area contributed by atoms with Crippen LogP contribution in [0.2, 0.25) is 0 Å². The van der Waals surface area contributed by atoms with Gasteiger partial charge in [0.1, 0.15) is 5.69 Å². The molecule has 5 rings (SSSR count). The van der Waals surface area contributed by atoms with E-state index in [4.69, 9.17) is 4.74 Å². The summed E-state index contributed by atoms with van der Waals surface area (Å²) < 4.78 is 5.13. The molecule has 5 nitrogen and oxygen atoms in total. The van der Waals surface area contributed by atoms with Crippen molar-refractivity contribution in [1.82, 2.24) is 4.98 Å². The Morgan fingerprint density at radius 1 is 0.844 bits per heavy atom. The number of hydrogen-bond donors (Lipinski definition) is 2. The lowest BCUT2D eigenvalue weighted by Gasteiger charge is -2.28. The van der Waals surface area contributed by atoms with E-state index >= 15 is 0 Å². The molecule has 0 radical (unpaired) electrons. The molecule has 0 spiro atoms. The van der Waals surface area contributed by atoms with Crippen molar-refractivity contribution in [3.05, 3.63) is 96.1 Å². The number of carbonyl (C=O) groups is 1. The first-order chi connectivity index (χ1) is 15.6. The maximum Gasteiger partial charge on any atom is 0.340 e. The zero-order valence-electron chi connectivity index (χ0n) is 17.8. The van der Waals surface area contributed by atoms with Crippen molar-refractivity contribution >= 4 is 44.8 Å². The van der Waals surface area contributed by atoms with Gasteiger partial charge in [0, 0.05) is 27.7 Å². The van der Waals surface area contributed by atoms with E-state index in [0.717, 1.165) is 33.2 Å². The summed E-state index contributed by atoms with van der Waals surface area (Å²) in [6, 6.07) is 27.0. The third-order valence-electron chi connectivity index (χ3n) is 5.74. The van der Waals surface area contributed by atoms with Crippen LogP contribution in [0.25, 0.3) is 21.8 Å². The molecule has 0 aliphatic heterocycles. The number of nitrogens with one attached hydrogen (secondary N) is 1. The van der Waals surface area contributed by atoms with Crippen molar-refractivity contribution in [3.8, 4) is 5.75 Å². The normalized spacial score (nSPS) is 11.1. The molecule has 2 N–H and O–H groups in total. The first-order valence-electron chi connectivity index (χ1n) is 10.4. The second-order valence-electron chi connectivity index (χ2n) is 7.66. The molecule has 5 aromatic rings. The fourth-order valence-electron chi connectivity index (χ4n) is 4.23. The Bertz CT molecular complexity index is 1400. The van der Waals surface area contributed by atoms with E-state index < -0.39 is 5.97 Å². The molecule has 0 bridgehead atoms. The van der Waals surface area contributed by atoms with Gasteiger partial charge >= 0.3 is 5.97 Å². The molecule has 0 saturated carbocycles. The maximum absolute atomic E-state index is 13.0. The SMILES string of the molecule is COC(=O)c1cc2c([nH]c3c(C)cccc32)c(O)c1N(c1ccccc1)c1ccccc1. The first-order valence-corrected chi connectivity index (χ1v) is 10.4. The fraction of sp³-hybridized carbons (Fsp3) is 0.0741. The molecule has 4 aromatic carbocycles. The monoisotopic (exact) mass is 422 g/mol. The van der Waals surface area contributed by atoms with E-state index in [2.05, 4.69) is 4.98 Å². The van der Waals surface area contributed by atoms with E-state index in [-0.39, 0.29) is 11.3 Å². The van der Waals surface area contributed by atoms with Gasteiger partial charge in [-0.2, -0.15) is 0 Å². The predicted octanol–water partition coefficient (Wildman–Crippen LogP) is 6.59. The van der Waals surface area contributed by atoms with Crippen LogP contribution in [-0.4, -0.2) is 23.2 Å². The highest BCUT2D eigenvalue weighted by molar-refractivity contribution is 6.16. The number of phenolic OH excluding ortho intramolecular Hbond substituents is 1. The molecule has 32 heavy (non-hydrogen) atoms. The van der Waals surface area contributed by atoms with Crippen LogP contribution < -0.4 is 4.90 Å². The number of aromatic nitrogens is 1. The summed E-state index contributed by atoms with van der Waals surface area (Å²) in [6.45, 7) is 2.01. The van der Waals surface area contributed by atoms with Gasteiger partial charge in [-0.1, -0.05) is 54.6 Å². The molecule has 1 heterocycles. The first kappa shape index (κ1) is 19.7. The Morgan fingerprint density at radius 3 is 2.06 bits per heavy atom. The summed E-state index contributed by atoms with van der Waals surface area (Å²) >= 11 is 0. The molecule has 0 unspecified atom stereocenters. The van der Waals surface area contributed by atoms with Crippen molar-refractivity contribution < 1.29 is 14.6 Å². The standard InChI is InChI=1S/C27H22N2O3/c1-17-10-9-15-20-21-16-22(27(31)32-2)25(26(30)24(21)28-23(17)20)29(18-11-5-3-6-12-18)19-13-7-4-8-14-19/h3-16,28,30H,1-2H3. The van der Waals surface area contributed by atoms with Gasteiger partial charge in [-0.25, -0.2) is 4.79 Å². The molecule has 0 atom stereocenters. The number of ether oxygens (including phenoxy) is 1. The molecular formula is C27H22N2O3. The lowest BCUT2D eigenvalue weighted by Crippen LogP contribution is -2.15. The molecule has 0 aliphatic rings. The Kier molecular flexibility index (Phi) is 4.79. The number of aromatic hydroxyl groups is 1. The number of aromatic amines is 1. The van der Waals surface area contributed by atoms with Crippen molar-refractivity contribution in [2.75, 3.05) is 12.0 Å². The Hall–Kier alpha value is -4.25. The number of esters is 1. The lowest BCUT2D eigenvalue weighted by molar-refractivity contribution is 0.0601. The largest absolute Gasteiger partial charge is 0.504 e. The van der Waals surface area contributed by atoms with Crippen LogP contribution in [0.4, 0.5) is 17.1 Å². The Morgan fingerprint density at radius 2 is 1.47 bits per heavy atom. The minimum Gasteiger partial charge on any atom is -0.504 e. The second-order valence-corrected chi connectivity index (χ2v) is 7.66. The van der Waals surface area contributed by atoms with Gasteiger partial charge in [0.2, 0.25) is 0 Å². The van der Waals surface area contributed by atoms with Crippen molar-refractivity contribution in [2.45, 2.75) is 6.92 Å². The van der Waals surface area contributed by atoms with Gasteiger partial charge < -0.3 is 19.7 Å². The summed E-state index contributed by atoms with van der Waals surface area (Å²) in [5.74, 6) is -0.526. The molecule has 0 aliphatic carbocycles. The predicted molar refractivity (Wildman–Crippen MR) is 128 cm³/mol. The summed E-state index contributed by atoms with van der Waals surface area (Å²) in [7, 11) is 1.35. The van der Waals surface area contributed by atoms with Crippen LogP contribution in [0.3, 0.4) is 0 Å². The molecule has 0 fully saturated rings. The minimum absolute atomic E-state index is 0.00814. The number of nitrogens with zero attached hydrogens (tertiary/aromatic N) is 1. The van der Waals surface area contributed by atoms with Gasteiger partial charge in [-0.05, 0) is 42.8 Å². The number of phenols is 1. The van der Waals surface area contributed by atoms with E-state index in [1.54, 1.807) is 6.07 Å². The quantitative estimate of drug-likeness (QED) is 0.321. The molecule has 1 aromatic heterocycles. The molecule has 5 heteroatoms. The van der Waals surface area contributed by atoms with Crippen molar-refractivity contribution in [3.63, 3.8) is 0 Å². The highest BCUT2D eigenvalue weighted by atomic mass is 16.5. The van der Waals surface area contributed by atoms with Crippen LogP contribution in [0, 0.1) is 6.92 Å². The average Bonchev–Trinajstić information content (AvgIpc) is 3.22. The minimum atomic E-state index is -0.518. The second kappa shape index (κ2) is 7.78. The fourth-order valence-corrected chi connectivity index (χ4v) is 4.23. The van der Waals surface area contributed by atoms with Crippen LogP contribution in [0.15, 0.2) is 84.9 Å². The maximum atomic E-state index is 13.0. The lowest BCUT2D eigenvalue weighted by atomic mass is 10.0. The third-order valence-corrected chi connectivity index (χ3v) is 5.74. The topological polar surface area (TPSA) is 65.6 Å².